The predicted octanol–water partition coefficient (Wildman–Crippen LogP) is 3.63. The van der Waals surface area contributed by atoms with E-state index in [4.69, 9.17) is 5.73 Å². The summed E-state index contributed by atoms with van der Waals surface area (Å²) in [6.07, 6.45) is 7.87. The van der Waals surface area contributed by atoms with Crippen molar-refractivity contribution in [2.24, 2.45) is 5.73 Å². The van der Waals surface area contributed by atoms with Crippen LogP contribution in [0.5, 0.6) is 0 Å². The van der Waals surface area contributed by atoms with Gasteiger partial charge in [-0.2, -0.15) is 0 Å². The summed E-state index contributed by atoms with van der Waals surface area (Å²) in [5.74, 6) is 0. The molecule has 1 heteroatoms. The highest BCUT2D eigenvalue weighted by Crippen LogP contribution is 2.44. The largest absolute Gasteiger partial charge is 0.328 e. The Hall–Kier alpha value is -0.820. The third kappa shape index (κ3) is 2.46. The van der Waals surface area contributed by atoms with E-state index in [1.807, 2.05) is 0 Å². The molecule has 0 aliphatic heterocycles. The van der Waals surface area contributed by atoms with E-state index >= 15 is 0 Å². The fourth-order valence-corrected chi connectivity index (χ4v) is 3.03. The Morgan fingerprint density at radius 1 is 1.19 bits per heavy atom. The molecule has 16 heavy (non-hydrogen) atoms. The molecule has 1 aliphatic carbocycles. The van der Waals surface area contributed by atoms with Crippen molar-refractivity contribution in [2.75, 3.05) is 0 Å². The van der Waals surface area contributed by atoms with Crippen LogP contribution in [0.1, 0.15) is 51.0 Å². The van der Waals surface area contributed by atoms with Crippen molar-refractivity contribution in [3.8, 4) is 0 Å². The number of hydrogen-bond donors (Lipinski definition) is 1. The van der Waals surface area contributed by atoms with Crippen molar-refractivity contribution < 1.29 is 0 Å². The molecule has 1 nitrogen and oxygen atoms in total. The minimum absolute atomic E-state index is 0.334. The minimum atomic E-state index is 0.334. The normalized spacial score (nSPS) is 20.9. The molecular weight excluding hydrogens is 194 g/mol. The maximum atomic E-state index is 5.91. The number of rotatable bonds is 4. The topological polar surface area (TPSA) is 26.0 Å². The van der Waals surface area contributed by atoms with Crippen LogP contribution in [0.2, 0.25) is 0 Å². The summed E-state index contributed by atoms with van der Waals surface area (Å²) in [6.45, 7) is 2.12. The molecule has 88 valence electrons. The van der Waals surface area contributed by atoms with Crippen LogP contribution in [0.3, 0.4) is 0 Å². The fraction of sp³-hybridized carbons (Fsp3) is 0.600. The molecule has 0 radical (unpaired) electrons. The van der Waals surface area contributed by atoms with Crippen LogP contribution in [0, 0.1) is 0 Å². The number of benzene rings is 1. The lowest BCUT2D eigenvalue weighted by atomic mass is 9.75. The second-order valence-corrected chi connectivity index (χ2v) is 5.37. The van der Waals surface area contributed by atoms with Crippen LogP contribution in [0.25, 0.3) is 0 Å². The van der Waals surface area contributed by atoms with Crippen molar-refractivity contribution >= 4 is 0 Å². The highest BCUT2D eigenvalue weighted by molar-refractivity contribution is 5.26. The lowest BCUT2D eigenvalue weighted by Gasteiger charge is -2.30. The van der Waals surface area contributed by atoms with Crippen LogP contribution in [-0.4, -0.2) is 6.04 Å². The van der Waals surface area contributed by atoms with Crippen LogP contribution in [-0.2, 0) is 5.41 Å². The predicted molar refractivity (Wildman–Crippen MR) is 69.5 cm³/mol. The van der Waals surface area contributed by atoms with Crippen molar-refractivity contribution in [1.29, 1.82) is 0 Å². The quantitative estimate of drug-likeness (QED) is 0.819. The summed E-state index contributed by atoms with van der Waals surface area (Å²) in [6, 6.07) is 11.4. The van der Waals surface area contributed by atoms with Gasteiger partial charge < -0.3 is 5.73 Å². The standard InChI is InChI=1S/C15H23N/c1-13(16)9-12-15(10-5-6-11-15)14-7-3-2-4-8-14/h2-4,7-8,13H,5-6,9-12,16H2,1H3/t13-/m0/s1. The first-order valence-electron chi connectivity index (χ1n) is 6.54. The van der Waals surface area contributed by atoms with Crippen molar-refractivity contribution in [3.05, 3.63) is 35.9 Å². The number of nitrogens with two attached hydrogens (primary N) is 1. The molecule has 0 aromatic heterocycles. The Labute approximate surface area is 99.0 Å². The first-order valence-corrected chi connectivity index (χ1v) is 6.54. The van der Waals surface area contributed by atoms with Gasteiger partial charge in [-0.1, -0.05) is 43.2 Å². The molecule has 1 aliphatic rings. The van der Waals surface area contributed by atoms with Crippen LogP contribution in [0.4, 0.5) is 0 Å². The molecule has 1 saturated carbocycles. The molecule has 0 amide bonds. The van der Waals surface area contributed by atoms with Crippen molar-refractivity contribution in [1.82, 2.24) is 0 Å². The Morgan fingerprint density at radius 3 is 2.38 bits per heavy atom. The first kappa shape index (κ1) is 11.7. The second-order valence-electron chi connectivity index (χ2n) is 5.37. The van der Waals surface area contributed by atoms with E-state index < -0.39 is 0 Å². The summed E-state index contributed by atoms with van der Waals surface area (Å²) in [4.78, 5) is 0. The monoisotopic (exact) mass is 217 g/mol. The maximum Gasteiger partial charge on any atom is 0.00108 e. The van der Waals surface area contributed by atoms with Crippen LogP contribution < -0.4 is 5.73 Å². The number of hydrogen-bond acceptors (Lipinski definition) is 1. The third-order valence-corrected chi connectivity index (χ3v) is 4.03. The molecule has 2 N–H and O–H groups in total. The first-order chi connectivity index (χ1) is 7.73. The lowest BCUT2D eigenvalue weighted by Crippen LogP contribution is -2.26. The van der Waals surface area contributed by atoms with Gasteiger partial charge in [-0.25, -0.2) is 0 Å². The average Bonchev–Trinajstić information content (AvgIpc) is 2.78. The molecule has 0 spiro atoms. The SMILES string of the molecule is C[C@H](N)CCC1(c2ccccc2)CCCC1. The van der Waals surface area contributed by atoms with E-state index in [9.17, 15) is 0 Å². The van der Waals surface area contributed by atoms with E-state index in [0.29, 0.717) is 11.5 Å². The Bertz CT molecular complexity index is 309. The van der Waals surface area contributed by atoms with Gasteiger partial charge in [-0.3, -0.25) is 0 Å². The van der Waals surface area contributed by atoms with Gasteiger partial charge in [0.15, 0.2) is 0 Å². The third-order valence-electron chi connectivity index (χ3n) is 4.03. The van der Waals surface area contributed by atoms with Crippen LogP contribution in [0.15, 0.2) is 30.3 Å². The summed E-state index contributed by atoms with van der Waals surface area (Å²) < 4.78 is 0. The zero-order valence-electron chi connectivity index (χ0n) is 10.3. The summed E-state index contributed by atoms with van der Waals surface area (Å²) in [5, 5.41) is 0. The Balaban J connectivity index is 2.16. The van der Waals surface area contributed by atoms with Gasteiger partial charge in [-0.05, 0) is 43.6 Å². The van der Waals surface area contributed by atoms with Crippen molar-refractivity contribution in [3.63, 3.8) is 0 Å². The molecule has 0 bridgehead atoms. The molecular formula is C15H23N. The zero-order valence-corrected chi connectivity index (χ0v) is 10.3. The Morgan fingerprint density at radius 2 is 1.81 bits per heavy atom. The maximum absolute atomic E-state index is 5.91. The van der Waals surface area contributed by atoms with Gasteiger partial charge >= 0.3 is 0 Å². The van der Waals surface area contributed by atoms with E-state index in [1.165, 1.54) is 37.7 Å². The molecule has 1 atom stereocenters. The van der Waals surface area contributed by atoms with Crippen LogP contribution >= 0.6 is 0 Å². The van der Waals surface area contributed by atoms with Crippen molar-refractivity contribution in [2.45, 2.75) is 56.9 Å². The van der Waals surface area contributed by atoms with Gasteiger partial charge in [0.1, 0.15) is 0 Å². The Kier molecular flexibility index (Phi) is 3.65. The smallest absolute Gasteiger partial charge is 0.00108 e. The molecule has 0 saturated heterocycles. The fourth-order valence-electron chi connectivity index (χ4n) is 3.03. The molecule has 1 fully saturated rings. The molecule has 2 rings (SSSR count). The summed E-state index contributed by atoms with van der Waals surface area (Å²) in [7, 11) is 0. The molecule has 1 aromatic carbocycles. The highest BCUT2D eigenvalue weighted by Gasteiger charge is 2.34. The summed E-state index contributed by atoms with van der Waals surface area (Å²) >= 11 is 0. The van der Waals surface area contributed by atoms with E-state index in [1.54, 1.807) is 0 Å². The van der Waals surface area contributed by atoms with Gasteiger partial charge in [0, 0.05) is 6.04 Å². The average molecular weight is 217 g/mol. The van der Waals surface area contributed by atoms with E-state index in [0.717, 1.165) is 6.42 Å². The van der Waals surface area contributed by atoms with Gasteiger partial charge in [0.25, 0.3) is 0 Å². The lowest BCUT2D eigenvalue weighted by molar-refractivity contribution is 0.379. The summed E-state index contributed by atoms with van der Waals surface area (Å²) in [5.41, 5.74) is 7.88. The second kappa shape index (κ2) is 5.01. The van der Waals surface area contributed by atoms with E-state index in [2.05, 4.69) is 37.3 Å². The molecule has 0 heterocycles. The zero-order chi connectivity index (χ0) is 11.4. The van der Waals surface area contributed by atoms with Gasteiger partial charge in [-0.15, -0.1) is 0 Å². The van der Waals surface area contributed by atoms with Gasteiger partial charge in [0.2, 0.25) is 0 Å². The molecule has 1 aromatic rings. The molecule has 0 unspecified atom stereocenters. The van der Waals surface area contributed by atoms with Gasteiger partial charge in [0.05, 0.1) is 0 Å². The highest BCUT2D eigenvalue weighted by atomic mass is 14.6. The van der Waals surface area contributed by atoms with E-state index in [-0.39, 0.29) is 0 Å². The minimum Gasteiger partial charge on any atom is -0.328 e.